The molecule has 0 N–H and O–H groups in total. The van der Waals surface area contributed by atoms with E-state index in [1.54, 1.807) is 0 Å². The summed E-state index contributed by atoms with van der Waals surface area (Å²) in [7, 11) is 0. The van der Waals surface area contributed by atoms with Gasteiger partial charge in [-0.25, -0.2) is 4.68 Å². The highest BCUT2D eigenvalue weighted by atomic mass is 35.5. The Morgan fingerprint density at radius 3 is 2.65 bits per heavy atom. The molecule has 0 fully saturated rings. The van der Waals surface area contributed by atoms with Gasteiger partial charge >= 0.3 is 0 Å². The Morgan fingerprint density at radius 1 is 1.22 bits per heavy atom. The smallest absolute Gasteiger partial charge is 0.287 e. The van der Waals surface area contributed by atoms with Crippen LogP contribution in [0.2, 0.25) is 10.0 Å². The molecule has 118 valence electrons. The Kier molecular flexibility index (Phi) is 4.45. The zero-order valence-corrected chi connectivity index (χ0v) is 13.6. The first-order valence-corrected chi connectivity index (χ1v) is 7.69. The van der Waals surface area contributed by atoms with Crippen molar-refractivity contribution in [1.82, 2.24) is 20.0 Å². The minimum absolute atomic E-state index is 0.0806. The first-order chi connectivity index (χ1) is 11.1. The van der Waals surface area contributed by atoms with Crippen LogP contribution in [-0.2, 0) is 0 Å². The van der Waals surface area contributed by atoms with Crippen molar-refractivity contribution in [1.29, 1.82) is 0 Å². The third-order valence-electron chi connectivity index (χ3n) is 3.33. The van der Waals surface area contributed by atoms with Gasteiger partial charge in [-0.3, -0.25) is 4.79 Å². The molecule has 23 heavy (non-hydrogen) atoms. The number of hydrogen-bond donors (Lipinski definition) is 0. The molecular weight excluding hydrogens is 339 g/mol. The Bertz CT molecular complexity index is 877. The van der Waals surface area contributed by atoms with Crippen molar-refractivity contribution in [3.05, 3.63) is 62.8 Å². The normalized spacial score (nSPS) is 12.3. The number of nitrogens with zero attached hydrogens (tertiary/aromatic N) is 4. The van der Waals surface area contributed by atoms with Crippen molar-refractivity contribution in [3.8, 4) is 11.5 Å². The predicted molar refractivity (Wildman–Crippen MR) is 86.7 cm³/mol. The maximum atomic E-state index is 12.2. The molecule has 0 amide bonds. The van der Waals surface area contributed by atoms with Crippen LogP contribution >= 0.6 is 23.2 Å². The van der Waals surface area contributed by atoms with Crippen molar-refractivity contribution >= 4 is 23.2 Å². The minimum Gasteiger partial charge on any atom is -0.418 e. The van der Waals surface area contributed by atoms with E-state index in [4.69, 9.17) is 27.6 Å². The van der Waals surface area contributed by atoms with Crippen molar-refractivity contribution < 1.29 is 4.42 Å². The summed E-state index contributed by atoms with van der Waals surface area (Å²) in [6, 6.07) is 8.86. The van der Waals surface area contributed by atoms with Gasteiger partial charge in [0.25, 0.3) is 5.56 Å². The van der Waals surface area contributed by atoms with Gasteiger partial charge in [0.2, 0.25) is 11.8 Å². The van der Waals surface area contributed by atoms with Gasteiger partial charge in [0.1, 0.15) is 11.1 Å². The molecule has 8 heteroatoms. The van der Waals surface area contributed by atoms with E-state index in [0.29, 0.717) is 18.2 Å². The number of hydrogen-bond acceptors (Lipinski definition) is 5. The fourth-order valence-corrected chi connectivity index (χ4v) is 2.43. The zero-order valence-electron chi connectivity index (χ0n) is 12.1. The van der Waals surface area contributed by atoms with Crippen LogP contribution in [0.25, 0.3) is 11.5 Å². The third-order valence-corrected chi connectivity index (χ3v) is 4.08. The topological polar surface area (TPSA) is 73.8 Å². The average Bonchev–Trinajstić information content (AvgIpc) is 3.06. The van der Waals surface area contributed by atoms with E-state index in [-0.39, 0.29) is 10.0 Å². The highest BCUT2D eigenvalue weighted by Gasteiger charge is 2.23. The van der Waals surface area contributed by atoms with Gasteiger partial charge in [-0.15, -0.1) is 10.2 Å². The second kappa shape index (κ2) is 6.52. The molecule has 1 unspecified atom stereocenters. The second-order valence-corrected chi connectivity index (χ2v) is 5.58. The molecule has 2 aromatic heterocycles. The molecular formula is C15H12Cl2N4O2. The molecule has 3 rings (SSSR count). The third kappa shape index (κ3) is 3.00. The molecule has 6 nitrogen and oxygen atoms in total. The lowest BCUT2D eigenvalue weighted by atomic mass is 10.2. The fourth-order valence-electron chi connectivity index (χ4n) is 2.17. The molecule has 2 heterocycles. The van der Waals surface area contributed by atoms with E-state index in [1.807, 2.05) is 37.3 Å². The minimum atomic E-state index is -0.512. The SMILES string of the molecule is CCC(c1nnc(-c2ccccc2)o1)n1ncc(Cl)c(Cl)c1=O. The predicted octanol–water partition coefficient (Wildman–Crippen LogP) is 3.60. The number of aromatic nitrogens is 4. The highest BCUT2D eigenvalue weighted by Crippen LogP contribution is 2.24. The van der Waals surface area contributed by atoms with E-state index in [9.17, 15) is 4.79 Å². The van der Waals surface area contributed by atoms with Gasteiger partial charge in [0.05, 0.1) is 11.2 Å². The maximum absolute atomic E-state index is 12.2. The van der Waals surface area contributed by atoms with Crippen LogP contribution in [0, 0.1) is 0 Å². The molecule has 1 aromatic carbocycles. The molecule has 0 spiro atoms. The van der Waals surface area contributed by atoms with Crippen LogP contribution in [0.3, 0.4) is 0 Å². The van der Waals surface area contributed by atoms with Crippen LogP contribution in [0.1, 0.15) is 25.3 Å². The lowest BCUT2D eigenvalue weighted by Gasteiger charge is -2.13. The summed E-state index contributed by atoms with van der Waals surface area (Å²) in [4.78, 5) is 12.2. The van der Waals surface area contributed by atoms with Crippen molar-refractivity contribution in [3.63, 3.8) is 0 Å². The van der Waals surface area contributed by atoms with Crippen LogP contribution < -0.4 is 5.56 Å². The van der Waals surface area contributed by atoms with Crippen molar-refractivity contribution in [2.45, 2.75) is 19.4 Å². The van der Waals surface area contributed by atoms with Crippen LogP contribution in [0.4, 0.5) is 0 Å². The van der Waals surface area contributed by atoms with Gasteiger partial charge in [-0.2, -0.15) is 5.10 Å². The summed E-state index contributed by atoms with van der Waals surface area (Å²) in [5.74, 6) is 0.673. The first kappa shape index (κ1) is 15.7. The fraction of sp³-hybridized carbons (Fsp3) is 0.200. The lowest BCUT2D eigenvalue weighted by molar-refractivity contribution is 0.377. The number of rotatable bonds is 4. The molecule has 0 saturated carbocycles. The van der Waals surface area contributed by atoms with E-state index in [0.717, 1.165) is 5.56 Å². The Morgan fingerprint density at radius 2 is 1.96 bits per heavy atom. The quantitative estimate of drug-likeness (QED) is 0.718. The van der Waals surface area contributed by atoms with E-state index < -0.39 is 11.6 Å². The molecule has 0 bridgehead atoms. The molecule has 0 radical (unpaired) electrons. The maximum Gasteiger partial charge on any atom is 0.287 e. The van der Waals surface area contributed by atoms with Crippen LogP contribution in [0.15, 0.2) is 45.7 Å². The van der Waals surface area contributed by atoms with E-state index in [2.05, 4.69) is 15.3 Å². The van der Waals surface area contributed by atoms with Crippen LogP contribution in [0.5, 0.6) is 0 Å². The first-order valence-electron chi connectivity index (χ1n) is 6.93. The summed E-state index contributed by atoms with van der Waals surface area (Å²) < 4.78 is 6.91. The van der Waals surface area contributed by atoms with E-state index >= 15 is 0 Å². The lowest BCUT2D eigenvalue weighted by Crippen LogP contribution is -2.28. The van der Waals surface area contributed by atoms with Crippen LogP contribution in [-0.4, -0.2) is 20.0 Å². The molecule has 3 aromatic rings. The van der Waals surface area contributed by atoms with Crippen molar-refractivity contribution in [2.75, 3.05) is 0 Å². The summed E-state index contributed by atoms with van der Waals surface area (Å²) >= 11 is 11.7. The standard InChI is InChI=1S/C15H12Cl2N4O2/c1-2-11(21-15(22)12(17)10(16)8-18-21)14-20-19-13(23-14)9-6-4-3-5-7-9/h3-8,11H,2H2,1H3. The summed E-state index contributed by atoms with van der Waals surface area (Å²) in [6.07, 6.45) is 1.85. The summed E-state index contributed by atoms with van der Waals surface area (Å²) in [6.45, 7) is 1.88. The van der Waals surface area contributed by atoms with Gasteiger partial charge in [-0.05, 0) is 18.6 Å². The monoisotopic (exact) mass is 350 g/mol. The van der Waals surface area contributed by atoms with Gasteiger partial charge in [0.15, 0.2) is 0 Å². The second-order valence-electron chi connectivity index (χ2n) is 4.79. The highest BCUT2D eigenvalue weighted by molar-refractivity contribution is 6.41. The molecule has 1 atom stereocenters. The molecule has 0 aliphatic rings. The molecule has 0 aliphatic carbocycles. The Hall–Kier alpha value is -2.18. The molecule has 0 saturated heterocycles. The number of benzene rings is 1. The number of halogens is 2. The zero-order chi connectivity index (χ0) is 16.4. The van der Waals surface area contributed by atoms with Gasteiger partial charge in [-0.1, -0.05) is 48.3 Å². The van der Waals surface area contributed by atoms with E-state index in [1.165, 1.54) is 10.9 Å². The van der Waals surface area contributed by atoms with Crippen molar-refractivity contribution in [2.24, 2.45) is 0 Å². The summed E-state index contributed by atoms with van der Waals surface area (Å²) in [5.41, 5.74) is 0.307. The summed E-state index contributed by atoms with van der Waals surface area (Å²) in [5, 5.41) is 12.1. The molecule has 0 aliphatic heterocycles. The average molecular weight is 351 g/mol. The Labute approximate surface area is 141 Å². The van der Waals surface area contributed by atoms with Gasteiger partial charge in [0, 0.05) is 5.56 Å². The van der Waals surface area contributed by atoms with Gasteiger partial charge < -0.3 is 4.42 Å². The largest absolute Gasteiger partial charge is 0.418 e. The Balaban J connectivity index is 2.01.